The van der Waals surface area contributed by atoms with Gasteiger partial charge in [0.1, 0.15) is 5.75 Å². The van der Waals surface area contributed by atoms with Crippen LogP contribution in [-0.4, -0.2) is 15.0 Å². The van der Waals surface area contributed by atoms with Crippen molar-refractivity contribution in [3.05, 3.63) is 53.6 Å². The maximum Gasteiger partial charge on any atom is 0.261 e. The molecule has 0 radical (unpaired) electrons. The van der Waals surface area contributed by atoms with Crippen LogP contribution in [0.4, 0.5) is 5.69 Å². The highest BCUT2D eigenvalue weighted by Gasteiger charge is 2.17. The summed E-state index contributed by atoms with van der Waals surface area (Å²) in [5.41, 5.74) is 2.70. The lowest BCUT2D eigenvalue weighted by molar-refractivity contribution is 0.340. The smallest absolute Gasteiger partial charge is 0.261 e. The van der Waals surface area contributed by atoms with Crippen LogP contribution in [0.25, 0.3) is 0 Å². The van der Waals surface area contributed by atoms with Crippen LogP contribution in [0.2, 0.25) is 0 Å². The van der Waals surface area contributed by atoms with E-state index in [0.29, 0.717) is 18.0 Å². The molecule has 2 aromatic rings. The fourth-order valence-electron chi connectivity index (χ4n) is 2.45. The molecule has 0 heterocycles. The molecular weight excluding hydrogens is 310 g/mol. The maximum atomic E-state index is 12.7. The molecule has 0 aliphatic heterocycles. The van der Waals surface area contributed by atoms with Crippen molar-refractivity contribution in [3.63, 3.8) is 0 Å². The lowest BCUT2D eigenvalue weighted by atomic mass is 10.0. The number of rotatable bonds is 7. The van der Waals surface area contributed by atoms with Crippen LogP contribution in [0.1, 0.15) is 31.9 Å². The van der Waals surface area contributed by atoms with Gasteiger partial charge in [-0.2, -0.15) is 0 Å². The third-order valence-corrected chi connectivity index (χ3v) is 5.05. The van der Waals surface area contributed by atoms with Gasteiger partial charge in [-0.15, -0.1) is 0 Å². The Bertz CT molecular complexity index is 730. The molecule has 124 valence electrons. The Balaban J connectivity index is 2.35. The van der Waals surface area contributed by atoms with E-state index in [1.165, 1.54) is 0 Å². The highest BCUT2D eigenvalue weighted by Crippen LogP contribution is 2.26. The Morgan fingerprint density at radius 1 is 0.913 bits per heavy atom. The number of ether oxygens (including phenoxy) is 1. The molecule has 0 fully saturated rings. The molecule has 23 heavy (non-hydrogen) atoms. The minimum Gasteiger partial charge on any atom is -0.494 e. The van der Waals surface area contributed by atoms with Crippen molar-refractivity contribution >= 4 is 15.7 Å². The summed E-state index contributed by atoms with van der Waals surface area (Å²) >= 11 is 0. The van der Waals surface area contributed by atoms with Gasteiger partial charge < -0.3 is 4.74 Å². The van der Waals surface area contributed by atoms with Crippen molar-refractivity contribution in [2.45, 2.75) is 38.5 Å². The molecule has 0 spiro atoms. The van der Waals surface area contributed by atoms with Gasteiger partial charge in [-0.05, 0) is 55.2 Å². The maximum absolute atomic E-state index is 12.7. The molecule has 5 heteroatoms. The van der Waals surface area contributed by atoms with Crippen LogP contribution >= 0.6 is 0 Å². The molecule has 0 saturated carbocycles. The zero-order valence-corrected chi connectivity index (χ0v) is 14.6. The Morgan fingerprint density at radius 2 is 1.48 bits per heavy atom. The third kappa shape index (κ3) is 4.05. The first-order chi connectivity index (χ1) is 11.0. The fraction of sp³-hybridized carbons (Fsp3) is 0.333. The predicted molar refractivity (Wildman–Crippen MR) is 93.6 cm³/mol. The SMILES string of the molecule is CCOc1ccc(S(=O)(=O)Nc2c(CC)cccc2CC)cc1. The monoisotopic (exact) mass is 333 g/mol. The largest absolute Gasteiger partial charge is 0.494 e. The van der Waals surface area contributed by atoms with Gasteiger partial charge in [0.2, 0.25) is 0 Å². The average Bonchev–Trinajstić information content (AvgIpc) is 2.55. The topological polar surface area (TPSA) is 55.4 Å². The number of anilines is 1. The minimum absolute atomic E-state index is 0.230. The lowest BCUT2D eigenvalue weighted by Crippen LogP contribution is -2.15. The molecule has 0 atom stereocenters. The molecule has 0 aliphatic carbocycles. The van der Waals surface area contributed by atoms with E-state index in [-0.39, 0.29) is 4.90 Å². The summed E-state index contributed by atoms with van der Waals surface area (Å²) < 4.78 is 33.4. The standard InChI is InChI=1S/C18H23NO3S/c1-4-14-8-7-9-15(5-2)18(14)19-23(20,21)17-12-10-16(11-13-17)22-6-3/h7-13,19H,4-6H2,1-3H3. The summed E-state index contributed by atoms with van der Waals surface area (Å²) in [7, 11) is -3.62. The van der Waals surface area contributed by atoms with Gasteiger partial charge in [0.25, 0.3) is 10.0 Å². The van der Waals surface area contributed by atoms with Crippen molar-refractivity contribution in [1.82, 2.24) is 0 Å². The van der Waals surface area contributed by atoms with Gasteiger partial charge in [0.05, 0.1) is 17.2 Å². The molecule has 0 aromatic heterocycles. The number of para-hydroxylation sites is 1. The summed E-state index contributed by atoms with van der Waals surface area (Å²) in [6.45, 7) is 6.47. The van der Waals surface area contributed by atoms with Crippen molar-refractivity contribution in [2.75, 3.05) is 11.3 Å². The summed E-state index contributed by atoms with van der Waals surface area (Å²) in [6.07, 6.45) is 1.55. The van der Waals surface area contributed by atoms with E-state index in [9.17, 15) is 8.42 Å². The Labute approximate surface area is 138 Å². The number of benzene rings is 2. The zero-order chi connectivity index (χ0) is 16.9. The number of hydrogen-bond acceptors (Lipinski definition) is 3. The molecule has 1 N–H and O–H groups in total. The molecule has 4 nitrogen and oxygen atoms in total. The van der Waals surface area contributed by atoms with E-state index >= 15 is 0 Å². The second-order valence-corrected chi connectivity index (χ2v) is 6.85. The van der Waals surface area contributed by atoms with Crippen LogP contribution in [0.3, 0.4) is 0 Å². The second kappa shape index (κ2) is 7.51. The Morgan fingerprint density at radius 3 is 1.96 bits per heavy atom. The third-order valence-electron chi connectivity index (χ3n) is 3.68. The first-order valence-corrected chi connectivity index (χ1v) is 9.36. The highest BCUT2D eigenvalue weighted by molar-refractivity contribution is 7.92. The van der Waals surface area contributed by atoms with Gasteiger partial charge in [0, 0.05) is 0 Å². The normalized spacial score (nSPS) is 11.3. The molecule has 2 rings (SSSR count). The number of hydrogen-bond donors (Lipinski definition) is 1. The first kappa shape index (κ1) is 17.3. The molecule has 0 bridgehead atoms. The van der Waals surface area contributed by atoms with Crippen LogP contribution in [-0.2, 0) is 22.9 Å². The van der Waals surface area contributed by atoms with Gasteiger partial charge >= 0.3 is 0 Å². The first-order valence-electron chi connectivity index (χ1n) is 7.88. The highest BCUT2D eigenvalue weighted by atomic mass is 32.2. The van der Waals surface area contributed by atoms with E-state index in [1.54, 1.807) is 24.3 Å². The van der Waals surface area contributed by atoms with E-state index in [0.717, 1.165) is 24.0 Å². The molecule has 0 amide bonds. The molecule has 0 unspecified atom stereocenters. The fourth-order valence-corrected chi connectivity index (χ4v) is 3.59. The zero-order valence-electron chi connectivity index (χ0n) is 13.8. The second-order valence-electron chi connectivity index (χ2n) is 5.17. The number of nitrogens with one attached hydrogen (secondary N) is 1. The van der Waals surface area contributed by atoms with Crippen molar-refractivity contribution in [3.8, 4) is 5.75 Å². The van der Waals surface area contributed by atoms with Gasteiger partial charge in [-0.25, -0.2) is 8.42 Å². The summed E-state index contributed by atoms with van der Waals surface area (Å²) in [4.78, 5) is 0.230. The average molecular weight is 333 g/mol. The molecule has 0 aliphatic rings. The van der Waals surface area contributed by atoms with Gasteiger partial charge in [-0.1, -0.05) is 32.0 Å². The van der Waals surface area contributed by atoms with E-state index in [4.69, 9.17) is 4.74 Å². The van der Waals surface area contributed by atoms with E-state index < -0.39 is 10.0 Å². The summed E-state index contributed by atoms with van der Waals surface area (Å²) in [5.74, 6) is 0.662. The molecular formula is C18H23NO3S. The van der Waals surface area contributed by atoms with Crippen LogP contribution in [0, 0.1) is 0 Å². The lowest BCUT2D eigenvalue weighted by Gasteiger charge is -2.16. The minimum atomic E-state index is -3.62. The molecule has 2 aromatic carbocycles. The predicted octanol–water partition coefficient (Wildman–Crippen LogP) is 4.01. The van der Waals surface area contributed by atoms with Crippen molar-refractivity contribution in [2.24, 2.45) is 0 Å². The van der Waals surface area contributed by atoms with Crippen molar-refractivity contribution < 1.29 is 13.2 Å². The Hall–Kier alpha value is -2.01. The van der Waals surface area contributed by atoms with Crippen LogP contribution in [0.15, 0.2) is 47.4 Å². The summed E-state index contributed by atoms with van der Waals surface area (Å²) in [6, 6.07) is 12.3. The van der Waals surface area contributed by atoms with E-state index in [2.05, 4.69) is 4.72 Å². The van der Waals surface area contributed by atoms with Crippen molar-refractivity contribution in [1.29, 1.82) is 0 Å². The van der Waals surface area contributed by atoms with Gasteiger partial charge in [-0.3, -0.25) is 4.72 Å². The quantitative estimate of drug-likeness (QED) is 0.833. The summed E-state index contributed by atoms with van der Waals surface area (Å²) in [5, 5.41) is 0. The molecule has 0 saturated heterocycles. The Kier molecular flexibility index (Phi) is 5.66. The number of aryl methyl sites for hydroxylation is 2. The van der Waals surface area contributed by atoms with E-state index in [1.807, 2.05) is 39.0 Å². The number of sulfonamides is 1. The van der Waals surface area contributed by atoms with Crippen LogP contribution in [0.5, 0.6) is 5.75 Å². The van der Waals surface area contributed by atoms with Crippen LogP contribution < -0.4 is 9.46 Å². The van der Waals surface area contributed by atoms with Gasteiger partial charge in [0.15, 0.2) is 0 Å².